The van der Waals surface area contributed by atoms with Crippen molar-refractivity contribution in [2.24, 2.45) is 0 Å². The zero-order valence-electron chi connectivity index (χ0n) is 11.0. The SMILES string of the molecule is CNC1(C)CCN(Cc2cccc(F)c2Br)CC1. The Kier molecular flexibility index (Phi) is 4.41. The Bertz CT molecular complexity index is 414. The topological polar surface area (TPSA) is 15.3 Å². The van der Waals surface area contributed by atoms with Crippen LogP contribution in [0.25, 0.3) is 0 Å². The molecule has 0 unspecified atom stereocenters. The summed E-state index contributed by atoms with van der Waals surface area (Å²) >= 11 is 3.33. The molecule has 0 radical (unpaired) electrons. The first-order valence-corrected chi connectivity index (χ1v) is 7.17. The van der Waals surface area contributed by atoms with Gasteiger partial charge in [-0.1, -0.05) is 12.1 Å². The molecule has 1 aromatic carbocycles. The Labute approximate surface area is 117 Å². The zero-order chi connectivity index (χ0) is 13.2. The second-order valence-corrected chi connectivity index (χ2v) is 6.09. The van der Waals surface area contributed by atoms with Crippen molar-refractivity contribution < 1.29 is 4.39 Å². The number of likely N-dealkylation sites (tertiary alicyclic amines) is 1. The van der Waals surface area contributed by atoms with Crippen LogP contribution in [0.4, 0.5) is 4.39 Å². The number of piperidine rings is 1. The maximum atomic E-state index is 13.4. The molecule has 1 aliphatic rings. The van der Waals surface area contributed by atoms with Crippen molar-refractivity contribution in [2.75, 3.05) is 20.1 Å². The number of nitrogens with one attached hydrogen (secondary N) is 1. The quantitative estimate of drug-likeness (QED) is 0.922. The van der Waals surface area contributed by atoms with Gasteiger partial charge in [-0.25, -0.2) is 4.39 Å². The summed E-state index contributed by atoms with van der Waals surface area (Å²) in [7, 11) is 2.03. The second kappa shape index (κ2) is 5.68. The monoisotopic (exact) mass is 314 g/mol. The van der Waals surface area contributed by atoms with Crippen molar-refractivity contribution in [3.8, 4) is 0 Å². The Morgan fingerprint density at radius 3 is 2.67 bits per heavy atom. The van der Waals surface area contributed by atoms with Crippen molar-refractivity contribution in [2.45, 2.75) is 31.8 Å². The molecule has 1 saturated heterocycles. The van der Waals surface area contributed by atoms with Gasteiger partial charge in [0.2, 0.25) is 0 Å². The Balaban J connectivity index is 1.98. The van der Waals surface area contributed by atoms with Crippen LogP contribution in [-0.2, 0) is 6.54 Å². The molecule has 1 fully saturated rings. The van der Waals surface area contributed by atoms with E-state index in [1.165, 1.54) is 6.07 Å². The fraction of sp³-hybridized carbons (Fsp3) is 0.571. The van der Waals surface area contributed by atoms with Gasteiger partial charge < -0.3 is 5.32 Å². The number of benzene rings is 1. The fourth-order valence-electron chi connectivity index (χ4n) is 2.37. The van der Waals surface area contributed by atoms with E-state index >= 15 is 0 Å². The minimum atomic E-state index is -0.176. The number of hydrogen-bond acceptors (Lipinski definition) is 2. The molecule has 1 aromatic rings. The van der Waals surface area contributed by atoms with Crippen molar-refractivity contribution in [3.63, 3.8) is 0 Å². The summed E-state index contributed by atoms with van der Waals surface area (Å²) in [6, 6.07) is 5.25. The lowest BCUT2D eigenvalue weighted by Gasteiger charge is -2.39. The molecule has 0 spiro atoms. The van der Waals surface area contributed by atoms with Gasteiger partial charge in [-0.05, 0) is 54.4 Å². The molecule has 0 atom stereocenters. The van der Waals surface area contributed by atoms with E-state index in [1.54, 1.807) is 6.07 Å². The Hall–Kier alpha value is -0.450. The van der Waals surface area contributed by atoms with Gasteiger partial charge in [0.05, 0.1) is 4.47 Å². The van der Waals surface area contributed by atoms with Crippen LogP contribution >= 0.6 is 15.9 Å². The molecule has 1 aliphatic heterocycles. The lowest BCUT2D eigenvalue weighted by molar-refractivity contribution is 0.146. The Morgan fingerprint density at radius 1 is 1.39 bits per heavy atom. The minimum absolute atomic E-state index is 0.176. The molecule has 0 saturated carbocycles. The molecule has 2 nitrogen and oxygen atoms in total. The van der Waals surface area contributed by atoms with Gasteiger partial charge >= 0.3 is 0 Å². The fourth-order valence-corrected chi connectivity index (χ4v) is 2.76. The van der Waals surface area contributed by atoms with Crippen LogP contribution in [0.3, 0.4) is 0 Å². The predicted octanol–water partition coefficient (Wildman–Crippen LogP) is 3.16. The molecule has 0 amide bonds. The molecule has 0 bridgehead atoms. The lowest BCUT2D eigenvalue weighted by atomic mass is 9.90. The van der Waals surface area contributed by atoms with Crippen LogP contribution in [-0.4, -0.2) is 30.6 Å². The Morgan fingerprint density at radius 2 is 2.06 bits per heavy atom. The highest BCUT2D eigenvalue weighted by molar-refractivity contribution is 9.10. The molecule has 18 heavy (non-hydrogen) atoms. The van der Waals surface area contributed by atoms with Gasteiger partial charge in [0.1, 0.15) is 5.82 Å². The summed E-state index contributed by atoms with van der Waals surface area (Å²) in [5, 5.41) is 3.39. The number of halogens is 2. The first-order valence-electron chi connectivity index (χ1n) is 6.38. The van der Waals surface area contributed by atoms with Crippen molar-refractivity contribution in [1.29, 1.82) is 0 Å². The lowest BCUT2D eigenvalue weighted by Crippen LogP contribution is -2.49. The maximum Gasteiger partial charge on any atom is 0.137 e. The summed E-state index contributed by atoms with van der Waals surface area (Å²) in [6.07, 6.45) is 2.27. The van der Waals surface area contributed by atoms with Crippen LogP contribution in [0.5, 0.6) is 0 Å². The molecule has 4 heteroatoms. The third-order valence-corrected chi connectivity index (χ3v) is 4.88. The maximum absolute atomic E-state index is 13.4. The van der Waals surface area contributed by atoms with E-state index < -0.39 is 0 Å². The van der Waals surface area contributed by atoms with Gasteiger partial charge in [-0.2, -0.15) is 0 Å². The number of hydrogen-bond donors (Lipinski definition) is 1. The van der Waals surface area contributed by atoms with Crippen molar-refractivity contribution in [3.05, 3.63) is 34.1 Å². The number of rotatable bonds is 3. The third kappa shape index (κ3) is 3.11. The summed E-state index contributed by atoms with van der Waals surface area (Å²) in [6.45, 7) is 5.20. The standard InChI is InChI=1S/C14H20BrFN2/c1-14(17-2)6-8-18(9-7-14)10-11-4-3-5-12(16)13(11)15/h3-5,17H,6-10H2,1-2H3. The summed E-state index contributed by atoms with van der Waals surface area (Å²) in [4.78, 5) is 2.39. The van der Waals surface area contributed by atoms with Crippen LogP contribution in [0.1, 0.15) is 25.3 Å². The smallest absolute Gasteiger partial charge is 0.137 e. The number of nitrogens with zero attached hydrogens (tertiary/aromatic N) is 1. The highest BCUT2D eigenvalue weighted by Gasteiger charge is 2.28. The molecule has 1 heterocycles. The average molecular weight is 315 g/mol. The van der Waals surface area contributed by atoms with Gasteiger partial charge in [0.15, 0.2) is 0 Å². The van der Waals surface area contributed by atoms with E-state index in [1.807, 2.05) is 13.1 Å². The van der Waals surface area contributed by atoms with E-state index in [0.29, 0.717) is 4.47 Å². The molecular weight excluding hydrogens is 295 g/mol. The predicted molar refractivity (Wildman–Crippen MR) is 76.1 cm³/mol. The molecule has 0 aromatic heterocycles. The summed E-state index contributed by atoms with van der Waals surface area (Å²) in [5.41, 5.74) is 1.29. The normalized spacial score (nSPS) is 20.0. The molecule has 0 aliphatic carbocycles. The molecular formula is C14H20BrFN2. The van der Waals surface area contributed by atoms with Crippen molar-refractivity contribution in [1.82, 2.24) is 10.2 Å². The second-order valence-electron chi connectivity index (χ2n) is 5.30. The molecule has 100 valence electrons. The highest BCUT2D eigenvalue weighted by Crippen LogP contribution is 2.26. The molecule has 2 rings (SSSR count). The van der Waals surface area contributed by atoms with Gasteiger partial charge in [-0.3, -0.25) is 4.90 Å². The van der Waals surface area contributed by atoms with E-state index in [9.17, 15) is 4.39 Å². The van der Waals surface area contributed by atoms with Crippen LogP contribution < -0.4 is 5.32 Å². The van der Waals surface area contributed by atoms with E-state index in [2.05, 4.69) is 33.1 Å². The first kappa shape index (κ1) is 14.0. The largest absolute Gasteiger partial charge is 0.314 e. The van der Waals surface area contributed by atoms with Gasteiger partial charge in [0.25, 0.3) is 0 Å². The summed E-state index contributed by atoms with van der Waals surface area (Å²) < 4.78 is 14.0. The van der Waals surface area contributed by atoms with Crippen molar-refractivity contribution >= 4 is 15.9 Å². The molecule has 1 N–H and O–H groups in total. The summed E-state index contributed by atoms with van der Waals surface area (Å²) in [5.74, 6) is -0.176. The van der Waals surface area contributed by atoms with E-state index in [4.69, 9.17) is 0 Å². The minimum Gasteiger partial charge on any atom is -0.314 e. The zero-order valence-corrected chi connectivity index (χ0v) is 12.6. The van der Waals surface area contributed by atoms with Crippen LogP contribution in [0.15, 0.2) is 22.7 Å². The van der Waals surface area contributed by atoms with Crippen LogP contribution in [0, 0.1) is 5.82 Å². The van der Waals surface area contributed by atoms with Gasteiger partial charge in [0, 0.05) is 25.2 Å². The highest BCUT2D eigenvalue weighted by atomic mass is 79.9. The van der Waals surface area contributed by atoms with E-state index in [0.717, 1.165) is 38.0 Å². The van der Waals surface area contributed by atoms with E-state index in [-0.39, 0.29) is 11.4 Å². The first-order chi connectivity index (χ1) is 8.54. The third-order valence-electron chi connectivity index (χ3n) is 3.99. The average Bonchev–Trinajstić information content (AvgIpc) is 2.38. The van der Waals surface area contributed by atoms with Gasteiger partial charge in [-0.15, -0.1) is 0 Å². The van der Waals surface area contributed by atoms with Crippen LogP contribution in [0.2, 0.25) is 0 Å².